The predicted octanol–water partition coefficient (Wildman–Crippen LogP) is 4.49. The van der Waals surface area contributed by atoms with Crippen LogP contribution in [-0.2, 0) is 11.2 Å². The standard InChI is InChI=1S/C22H20N4O2S/c1-15-11-20(24-21(27)12-16-7-4-3-5-8-16)26(25-15)22-23-19(14-29-22)17-9-6-10-18(13-17)28-2/h3-11,13-14H,12H2,1-2H3,(H,24,27). The number of thiazole rings is 1. The summed E-state index contributed by atoms with van der Waals surface area (Å²) in [6.45, 7) is 1.89. The van der Waals surface area contributed by atoms with Crippen molar-refractivity contribution in [3.8, 4) is 22.1 Å². The monoisotopic (exact) mass is 404 g/mol. The van der Waals surface area contributed by atoms with Crippen molar-refractivity contribution in [2.24, 2.45) is 0 Å². The maximum atomic E-state index is 12.5. The number of aryl methyl sites for hydroxylation is 1. The van der Waals surface area contributed by atoms with Crippen LogP contribution in [0.3, 0.4) is 0 Å². The molecule has 29 heavy (non-hydrogen) atoms. The summed E-state index contributed by atoms with van der Waals surface area (Å²) in [5, 5.41) is 10.1. The van der Waals surface area contributed by atoms with Gasteiger partial charge < -0.3 is 10.1 Å². The number of anilines is 1. The predicted molar refractivity (Wildman–Crippen MR) is 115 cm³/mol. The van der Waals surface area contributed by atoms with Gasteiger partial charge in [0.25, 0.3) is 0 Å². The maximum absolute atomic E-state index is 12.5. The molecule has 0 saturated heterocycles. The highest BCUT2D eigenvalue weighted by Gasteiger charge is 2.15. The molecule has 0 radical (unpaired) electrons. The average Bonchev–Trinajstić information content (AvgIpc) is 3.35. The van der Waals surface area contributed by atoms with Crippen LogP contribution < -0.4 is 10.1 Å². The number of nitrogens with one attached hydrogen (secondary N) is 1. The lowest BCUT2D eigenvalue weighted by molar-refractivity contribution is -0.115. The van der Waals surface area contributed by atoms with E-state index in [1.54, 1.807) is 11.8 Å². The minimum atomic E-state index is -0.0954. The molecule has 2 heterocycles. The van der Waals surface area contributed by atoms with E-state index in [0.717, 1.165) is 28.3 Å². The Morgan fingerprint density at radius 1 is 1.14 bits per heavy atom. The molecular formula is C22H20N4O2S. The molecule has 146 valence electrons. The van der Waals surface area contributed by atoms with Crippen LogP contribution in [0, 0.1) is 6.92 Å². The second-order valence-electron chi connectivity index (χ2n) is 6.54. The molecule has 0 fully saturated rings. The lowest BCUT2D eigenvalue weighted by Crippen LogP contribution is -2.17. The minimum Gasteiger partial charge on any atom is -0.497 e. The average molecular weight is 404 g/mol. The Balaban J connectivity index is 1.57. The van der Waals surface area contributed by atoms with Crippen LogP contribution in [-0.4, -0.2) is 27.8 Å². The first-order valence-corrected chi connectivity index (χ1v) is 10.0. The third kappa shape index (κ3) is 4.35. The third-order valence-corrected chi connectivity index (χ3v) is 5.16. The Hall–Kier alpha value is -3.45. The third-order valence-electron chi connectivity index (χ3n) is 4.35. The molecule has 1 N–H and O–H groups in total. The number of nitrogens with zero attached hydrogens (tertiary/aromatic N) is 3. The van der Waals surface area contributed by atoms with Gasteiger partial charge in [-0.05, 0) is 24.6 Å². The maximum Gasteiger partial charge on any atom is 0.229 e. The number of hydrogen-bond donors (Lipinski definition) is 1. The quantitative estimate of drug-likeness (QED) is 0.514. The Kier molecular flexibility index (Phi) is 5.39. The fourth-order valence-electron chi connectivity index (χ4n) is 2.98. The van der Waals surface area contributed by atoms with Crippen LogP contribution in [0.2, 0.25) is 0 Å². The zero-order valence-electron chi connectivity index (χ0n) is 16.1. The molecule has 2 aromatic carbocycles. The highest BCUT2D eigenvalue weighted by Crippen LogP contribution is 2.28. The number of carbonyl (C=O) groups excluding carboxylic acids is 1. The van der Waals surface area contributed by atoms with Crippen LogP contribution in [0.1, 0.15) is 11.3 Å². The molecule has 4 aromatic rings. The van der Waals surface area contributed by atoms with Gasteiger partial charge in [0, 0.05) is 17.0 Å². The fourth-order valence-corrected chi connectivity index (χ4v) is 3.78. The number of rotatable bonds is 6. The summed E-state index contributed by atoms with van der Waals surface area (Å²) >= 11 is 1.47. The van der Waals surface area contributed by atoms with E-state index in [9.17, 15) is 4.79 Å². The van der Waals surface area contributed by atoms with Gasteiger partial charge in [0.2, 0.25) is 11.0 Å². The van der Waals surface area contributed by atoms with Gasteiger partial charge in [-0.15, -0.1) is 11.3 Å². The molecule has 1 amide bonds. The Morgan fingerprint density at radius 3 is 2.76 bits per heavy atom. The van der Waals surface area contributed by atoms with Gasteiger partial charge in [-0.1, -0.05) is 42.5 Å². The van der Waals surface area contributed by atoms with Crippen molar-refractivity contribution in [2.75, 3.05) is 12.4 Å². The molecule has 0 bridgehead atoms. The van der Waals surface area contributed by atoms with Gasteiger partial charge in [0.1, 0.15) is 11.6 Å². The normalized spacial score (nSPS) is 10.7. The first kappa shape index (κ1) is 18.9. The van der Waals surface area contributed by atoms with Crippen molar-refractivity contribution in [3.05, 3.63) is 77.3 Å². The molecule has 0 unspecified atom stereocenters. The minimum absolute atomic E-state index is 0.0954. The van der Waals surface area contributed by atoms with Gasteiger partial charge in [-0.2, -0.15) is 9.78 Å². The summed E-state index contributed by atoms with van der Waals surface area (Å²) in [6.07, 6.45) is 0.304. The molecule has 0 atom stereocenters. The smallest absolute Gasteiger partial charge is 0.229 e. The van der Waals surface area contributed by atoms with E-state index >= 15 is 0 Å². The number of ether oxygens (including phenoxy) is 1. The Morgan fingerprint density at radius 2 is 1.97 bits per heavy atom. The molecule has 2 aromatic heterocycles. The Labute approximate surface area is 172 Å². The second-order valence-corrected chi connectivity index (χ2v) is 7.38. The largest absolute Gasteiger partial charge is 0.497 e. The molecule has 0 spiro atoms. The lowest BCUT2D eigenvalue weighted by Gasteiger charge is -2.07. The van der Waals surface area contributed by atoms with E-state index in [-0.39, 0.29) is 5.91 Å². The highest BCUT2D eigenvalue weighted by atomic mass is 32.1. The van der Waals surface area contributed by atoms with E-state index in [1.165, 1.54) is 11.3 Å². The van der Waals surface area contributed by atoms with Crippen LogP contribution >= 0.6 is 11.3 Å². The molecule has 4 rings (SSSR count). The van der Waals surface area contributed by atoms with Crippen LogP contribution in [0.25, 0.3) is 16.4 Å². The first-order chi connectivity index (χ1) is 14.1. The molecule has 0 aliphatic rings. The van der Waals surface area contributed by atoms with Gasteiger partial charge in [0.05, 0.1) is 24.9 Å². The van der Waals surface area contributed by atoms with Crippen molar-refractivity contribution < 1.29 is 9.53 Å². The lowest BCUT2D eigenvalue weighted by atomic mass is 10.1. The number of carbonyl (C=O) groups is 1. The van der Waals surface area contributed by atoms with Gasteiger partial charge >= 0.3 is 0 Å². The molecule has 0 saturated carbocycles. The van der Waals surface area contributed by atoms with E-state index in [1.807, 2.05) is 73.0 Å². The molecule has 0 aliphatic heterocycles. The van der Waals surface area contributed by atoms with Gasteiger partial charge in [-0.25, -0.2) is 4.98 Å². The van der Waals surface area contributed by atoms with E-state index in [0.29, 0.717) is 17.4 Å². The Bertz CT molecular complexity index is 1130. The zero-order chi connectivity index (χ0) is 20.2. The number of benzene rings is 2. The summed E-state index contributed by atoms with van der Waals surface area (Å²) < 4.78 is 6.97. The summed E-state index contributed by atoms with van der Waals surface area (Å²) in [5.41, 5.74) is 3.56. The van der Waals surface area contributed by atoms with Gasteiger partial charge in [-0.3, -0.25) is 4.79 Å². The fraction of sp³-hybridized carbons (Fsp3) is 0.136. The highest BCUT2D eigenvalue weighted by molar-refractivity contribution is 7.12. The van der Waals surface area contributed by atoms with Crippen molar-refractivity contribution in [3.63, 3.8) is 0 Å². The van der Waals surface area contributed by atoms with Gasteiger partial charge in [0.15, 0.2) is 0 Å². The van der Waals surface area contributed by atoms with Crippen molar-refractivity contribution in [1.29, 1.82) is 0 Å². The first-order valence-electron chi connectivity index (χ1n) is 9.13. The number of amides is 1. The van der Waals surface area contributed by atoms with E-state index in [2.05, 4.69) is 10.4 Å². The second kappa shape index (κ2) is 8.28. The van der Waals surface area contributed by atoms with Crippen molar-refractivity contribution in [1.82, 2.24) is 14.8 Å². The van der Waals surface area contributed by atoms with Crippen molar-refractivity contribution >= 4 is 23.1 Å². The van der Waals surface area contributed by atoms with E-state index < -0.39 is 0 Å². The molecule has 6 nitrogen and oxygen atoms in total. The van der Waals surface area contributed by atoms with Crippen LogP contribution in [0.5, 0.6) is 5.75 Å². The number of methoxy groups -OCH3 is 1. The summed E-state index contributed by atoms with van der Waals surface area (Å²) in [7, 11) is 1.64. The number of hydrogen-bond acceptors (Lipinski definition) is 5. The summed E-state index contributed by atoms with van der Waals surface area (Å²) in [6, 6.07) is 19.2. The number of aromatic nitrogens is 3. The molecule has 7 heteroatoms. The molecule has 0 aliphatic carbocycles. The summed E-state index contributed by atoms with van der Waals surface area (Å²) in [4.78, 5) is 17.2. The topological polar surface area (TPSA) is 69.0 Å². The molecular weight excluding hydrogens is 384 g/mol. The summed E-state index contributed by atoms with van der Waals surface area (Å²) in [5.74, 6) is 1.29. The van der Waals surface area contributed by atoms with Crippen LogP contribution in [0.4, 0.5) is 5.82 Å². The van der Waals surface area contributed by atoms with Crippen LogP contribution in [0.15, 0.2) is 66.0 Å². The van der Waals surface area contributed by atoms with Crippen molar-refractivity contribution in [2.45, 2.75) is 13.3 Å². The SMILES string of the molecule is COc1cccc(-c2csc(-n3nc(C)cc3NC(=O)Cc3ccccc3)n2)c1. The zero-order valence-corrected chi connectivity index (χ0v) is 16.9. The van der Waals surface area contributed by atoms with E-state index in [4.69, 9.17) is 9.72 Å².